The van der Waals surface area contributed by atoms with Crippen LogP contribution in [0.3, 0.4) is 0 Å². The van der Waals surface area contributed by atoms with E-state index in [1.165, 1.54) is 11.1 Å². The first-order valence-electron chi connectivity index (χ1n) is 21.9. The van der Waals surface area contributed by atoms with Crippen molar-refractivity contribution in [2.45, 2.75) is 13.8 Å². The van der Waals surface area contributed by atoms with E-state index in [1.807, 2.05) is 19.1 Å². The smallest absolute Gasteiger partial charge is 0.0715 e. The average molecular weight is 818 g/mol. The summed E-state index contributed by atoms with van der Waals surface area (Å²) in [7, 11) is 0. The molecule has 0 atom stereocenters. The van der Waals surface area contributed by atoms with Gasteiger partial charge < -0.3 is 9.47 Å². The Morgan fingerprint density at radius 3 is 1.81 bits per heavy atom. The molecular formula is C61H43N3. The van der Waals surface area contributed by atoms with E-state index in [4.69, 9.17) is 4.98 Å². The van der Waals surface area contributed by atoms with Gasteiger partial charge in [-0.05, 0) is 120 Å². The maximum absolute atomic E-state index is 5.14. The molecule has 64 heavy (non-hydrogen) atoms. The van der Waals surface area contributed by atoms with Gasteiger partial charge in [0.15, 0.2) is 0 Å². The molecule has 1 aliphatic rings. The first-order valence-corrected chi connectivity index (χ1v) is 21.9. The molecule has 0 unspecified atom stereocenters. The van der Waals surface area contributed by atoms with E-state index < -0.39 is 0 Å². The number of hydrogen-bond donors (Lipinski definition) is 0. The summed E-state index contributed by atoms with van der Waals surface area (Å²) in [6, 6.07) is 81.0. The Labute approximate surface area is 375 Å². The number of anilines is 3. The van der Waals surface area contributed by atoms with Crippen LogP contribution in [0, 0.1) is 12.1 Å². The van der Waals surface area contributed by atoms with Crippen molar-refractivity contribution in [3.8, 4) is 72.7 Å². The monoisotopic (exact) mass is 817 g/mol. The topological polar surface area (TPSA) is 21.1 Å². The first kappa shape index (κ1) is 38.5. The largest absolute Gasteiger partial charge is 0.309 e. The minimum atomic E-state index is 0.945. The lowest BCUT2D eigenvalue weighted by Crippen LogP contribution is -2.11. The van der Waals surface area contributed by atoms with Gasteiger partial charge >= 0.3 is 0 Å². The molecule has 0 aliphatic carbocycles. The lowest BCUT2D eigenvalue weighted by Gasteiger charge is -2.28. The van der Waals surface area contributed by atoms with Crippen molar-refractivity contribution < 1.29 is 0 Å². The van der Waals surface area contributed by atoms with Crippen LogP contribution in [0.25, 0.3) is 89.2 Å². The molecular weight excluding hydrogens is 775 g/mol. The van der Waals surface area contributed by atoms with Crippen molar-refractivity contribution in [1.29, 1.82) is 0 Å². The molecule has 0 N–H and O–H groups in total. The number of pyridine rings is 1. The summed E-state index contributed by atoms with van der Waals surface area (Å²) in [5.74, 6) is 0. The van der Waals surface area contributed by atoms with Crippen molar-refractivity contribution in [1.82, 2.24) is 9.55 Å². The fraction of sp³-hybridized carbons (Fsp3) is 0.0328. The molecule has 0 amide bonds. The lowest BCUT2D eigenvalue weighted by atomic mass is 9.97. The number of para-hydroxylation sites is 2. The number of allylic oxidation sites excluding steroid dienone is 4. The molecule has 0 radical (unpaired) electrons. The molecule has 8 aromatic carbocycles. The van der Waals surface area contributed by atoms with E-state index in [1.54, 1.807) is 0 Å². The van der Waals surface area contributed by atoms with E-state index in [-0.39, 0.29) is 0 Å². The number of fused-ring (bicyclic) bond motifs is 7. The van der Waals surface area contributed by atoms with Gasteiger partial charge in [-0.2, -0.15) is 0 Å². The molecule has 10 aromatic rings. The summed E-state index contributed by atoms with van der Waals surface area (Å²) in [6.07, 6.45) is 6.32. The zero-order valence-electron chi connectivity index (χ0n) is 35.7. The van der Waals surface area contributed by atoms with Crippen molar-refractivity contribution in [3.05, 3.63) is 242 Å². The highest BCUT2D eigenvalue weighted by atomic mass is 15.2. The van der Waals surface area contributed by atoms with Crippen LogP contribution < -0.4 is 4.90 Å². The van der Waals surface area contributed by atoms with E-state index in [2.05, 4.69) is 241 Å². The second-order valence-electron chi connectivity index (χ2n) is 16.1. The Kier molecular flexibility index (Phi) is 9.88. The summed E-state index contributed by atoms with van der Waals surface area (Å²) < 4.78 is 2.44. The van der Waals surface area contributed by atoms with Crippen LogP contribution in [0.1, 0.15) is 19.5 Å². The highest BCUT2D eigenvalue weighted by molar-refractivity contribution is 6.13. The highest BCUT2D eigenvalue weighted by Gasteiger charge is 2.32. The molecule has 3 nitrogen and oxygen atoms in total. The number of aromatic nitrogens is 2. The van der Waals surface area contributed by atoms with Crippen molar-refractivity contribution >= 4 is 33.5 Å². The first-order chi connectivity index (χ1) is 31.7. The third-order valence-electron chi connectivity index (χ3n) is 12.2. The summed E-state index contributed by atoms with van der Waals surface area (Å²) >= 11 is 0. The molecule has 3 heterocycles. The van der Waals surface area contributed by atoms with Crippen molar-refractivity contribution in [2.75, 3.05) is 4.90 Å². The van der Waals surface area contributed by atoms with Crippen LogP contribution in [0.2, 0.25) is 0 Å². The van der Waals surface area contributed by atoms with Gasteiger partial charge in [-0.15, -0.1) is 0 Å². The molecule has 2 aromatic heterocycles. The van der Waals surface area contributed by atoms with Gasteiger partial charge in [0.25, 0.3) is 0 Å². The van der Waals surface area contributed by atoms with Gasteiger partial charge in [0.2, 0.25) is 0 Å². The van der Waals surface area contributed by atoms with Crippen LogP contribution >= 0.6 is 0 Å². The van der Waals surface area contributed by atoms with Gasteiger partial charge in [0, 0.05) is 33.5 Å². The standard InChI is InChI=1S/C61H43N3/c1-3-20-42(4-2)55-40-49(41-56(62-55)46-25-12-7-13-26-46)45-33-35-50(36-34-45)64-58-31-18-15-28-53(58)60-52-27-14-17-30-57(52)63(59-32-19-16-29-54(59)61(60)64)51-38-47(43-21-8-5-9-22-43)37-48(39-51)44-23-10-6-11-24-44/h3-13,15-26,28-41H,1-2H3/b20-3-,42-4+. The quantitative estimate of drug-likeness (QED) is 0.142. The average Bonchev–Trinajstić information content (AvgIpc) is 3.65. The van der Waals surface area contributed by atoms with Gasteiger partial charge in [-0.1, -0.05) is 170 Å². The second kappa shape index (κ2) is 16.4. The predicted octanol–water partition coefficient (Wildman–Crippen LogP) is 16.4. The third kappa shape index (κ3) is 6.79. The van der Waals surface area contributed by atoms with Crippen LogP contribution in [0.4, 0.5) is 17.1 Å². The molecule has 1 aliphatic heterocycles. The van der Waals surface area contributed by atoms with E-state index in [0.29, 0.717) is 0 Å². The molecule has 3 heteroatoms. The molecule has 0 fully saturated rings. The minimum Gasteiger partial charge on any atom is -0.309 e. The van der Waals surface area contributed by atoms with Gasteiger partial charge in [0.1, 0.15) is 0 Å². The lowest BCUT2D eigenvalue weighted by molar-refractivity contribution is 1.13. The number of nitrogens with zero attached hydrogens (tertiary/aromatic N) is 3. The Bertz CT molecular complexity index is 3320. The molecule has 11 rings (SSSR count). The molecule has 302 valence electrons. The SMILES string of the molecule is C/C=C\C(=C/C)c1cc(-c2ccc(-n3c4c(c5ccccc53)-c3c#cccc3N(c3cc(-c5ccccc5)cc(-c5ccccc5)c3)c3ccccc3-4)cc2)cc(-c2ccccc2)n1. The van der Waals surface area contributed by atoms with Crippen LogP contribution in [0.15, 0.2) is 224 Å². The number of benzene rings is 7. The van der Waals surface area contributed by atoms with E-state index >= 15 is 0 Å². The second-order valence-corrected chi connectivity index (χ2v) is 16.1. The van der Waals surface area contributed by atoms with Crippen LogP contribution in [-0.4, -0.2) is 9.55 Å². The molecule has 0 saturated heterocycles. The number of hydrogen-bond acceptors (Lipinski definition) is 2. The Hall–Kier alpha value is -8.45. The minimum absolute atomic E-state index is 0.945. The Morgan fingerprint density at radius 1 is 0.516 bits per heavy atom. The van der Waals surface area contributed by atoms with Gasteiger partial charge in [-0.25, -0.2) is 4.98 Å². The molecule has 0 bridgehead atoms. The van der Waals surface area contributed by atoms with E-state index in [0.717, 1.165) is 101 Å². The summed E-state index contributed by atoms with van der Waals surface area (Å²) in [5.41, 5.74) is 20.7. The van der Waals surface area contributed by atoms with Gasteiger partial charge in [-0.3, -0.25) is 0 Å². The normalized spacial score (nSPS) is 12.1. The van der Waals surface area contributed by atoms with Gasteiger partial charge in [0.05, 0.1) is 39.5 Å². The fourth-order valence-corrected chi connectivity index (χ4v) is 9.30. The zero-order chi connectivity index (χ0) is 43.0. The number of rotatable bonds is 8. The maximum atomic E-state index is 5.14. The highest BCUT2D eigenvalue weighted by Crippen LogP contribution is 2.54. The summed E-state index contributed by atoms with van der Waals surface area (Å²) in [5, 5.41) is 1.16. The van der Waals surface area contributed by atoms with Crippen molar-refractivity contribution in [2.24, 2.45) is 0 Å². The van der Waals surface area contributed by atoms with Crippen LogP contribution in [0.5, 0.6) is 0 Å². The zero-order valence-corrected chi connectivity index (χ0v) is 35.7. The molecule has 0 spiro atoms. The predicted molar refractivity (Wildman–Crippen MR) is 268 cm³/mol. The fourth-order valence-electron chi connectivity index (χ4n) is 9.30. The summed E-state index contributed by atoms with van der Waals surface area (Å²) in [4.78, 5) is 7.57. The van der Waals surface area contributed by atoms with Crippen molar-refractivity contribution in [3.63, 3.8) is 0 Å². The van der Waals surface area contributed by atoms with E-state index in [9.17, 15) is 0 Å². The third-order valence-corrected chi connectivity index (χ3v) is 12.2. The Morgan fingerprint density at radius 2 is 1.12 bits per heavy atom. The Balaban J connectivity index is 1.11. The van der Waals surface area contributed by atoms with Crippen LogP contribution in [-0.2, 0) is 0 Å². The molecule has 0 saturated carbocycles. The maximum Gasteiger partial charge on any atom is 0.0715 e. The summed E-state index contributed by atoms with van der Waals surface area (Å²) in [6.45, 7) is 4.12.